The van der Waals surface area contributed by atoms with Gasteiger partial charge < -0.3 is 10.2 Å². The quantitative estimate of drug-likeness (QED) is 0.879. The number of piperidine rings is 1. The van der Waals surface area contributed by atoms with Gasteiger partial charge in [-0.25, -0.2) is 0 Å². The molecule has 4 nitrogen and oxygen atoms in total. The Morgan fingerprint density at radius 2 is 2.44 bits per heavy atom. The largest absolute Gasteiger partial charge is 0.340 e. The number of nitrogens with one attached hydrogen (secondary N) is 1. The maximum absolute atomic E-state index is 12.3. The zero-order chi connectivity index (χ0) is 13.0. The van der Waals surface area contributed by atoms with E-state index >= 15 is 0 Å². The SMILES string of the molecule is CC1CCNC(C(=O)N(C)Cc2cccnc2)C1. The minimum Gasteiger partial charge on any atom is -0.340 e. The molecule has 2 rings (SSSR count). The van der Waals surface area contributed by atoms with Gasteiger partial charge in [0.15, 0.2) is 0 Å². The first-order valence-corrected chi connectivity index (χ1v) is 6.54. The van der Waals surface area contributed by atoms with Crippen molar-refractivity contribution in [1.82, 2.24) is 15.2 Å². The first kappa shape index (κ1) is 13.0. The number of rotatable bonds is 3. The van der Waals surface area contributed by atoms with Crippen LogP contribution in [0.15, 0.2) is 24.5 Å². The smallest absolute Gasteiger partial charge is 0.239 e. The number of hydrogen-bond donors (Lipinski definition) is 1. The highest BCUT2D eigenvalue weighted by Gasteiger charge is 2.26. The van der Waals surface area contributed by atoms with E-state index < -0.39 is 0 Å². The topological polar surface area (TPSA) is 45.2 Å². The molecule has 1 aliphatic rings. The van der Waals surface area contributed by atoms with E-state index in [-0.39, 0.29) is 11.9 Å². The van der Waals surface area contributed by atoms with Crippen LogP contribution in [-0.2, 0) is 11.3 Å². The summed E-state index contributed by atoms with van der Waals surface area (Å²) in [5.41, 5.74) is 1.07. The van der Waals surface area contributed by atoms with E-state index in [0.717, 1.165) is 24.9 Å². The Kier molecular flexibility index (Phi) is 4.31. The molecule has 2 unspecified atom stereocenters. The zero-order valence-corrected chi connectivity index (χ0v) is 11.1. The summed E-state index contributed by atoms with van der Waals surface area (Å²) in [5, 5.41) is 3.31. The van der Waals surface area contributed by atoms with Crippen LogP contribution in [-0.4, -0.2) is 35.4 Å². The molecule has 1 amide bonds. The number of aromatic nitrogens is 1. The molecule has 0 saturated carbocycles. The minimum absolute atomic E-state index is 0.0181. The molecule has 0 aliphatic carbocycles. The minimum atomic E-state index is -0.0181. The van der Waals surface area contributed by atoms with E-state index in [1.807, 2.05) is 19.2 Å². The Hall–Kier alpha value is -1.42. The van der Waals surface area contributed by atoms with Gasteiger partial charge >= 0.3 is 0 Å². The molecule has 1 saturated heterocycles. The molecule has 0 spiro atoms. The summed E-state index contributed by atoms with van der Waals surface area (Å²) in [6.07, 6.45) is 5.66. The molecule has 4 heteroatoms. The van der Waals surface area contributed by atoms with Gasteiger partial charge in [0, 0.05) is 26.0 Å². The number of carbonyl (C=O) groups is 1. The van der Waals surface area contributed by atoms with Crippen LogP contribution in [0.5, 0.6) is 0 Å². The fourth-order valence-corrected chi connectivity index (χ4v) is 2.41. The van der Waals surface area contributed by atoms with Gasteiger partial charge in [-0.3, -0.25) is 9.78 Å². The van der Waals surface area contributed by atoms with Gasteiger partial charge in [-0.1, -0.05) is 13.0 Å². The summed E-state index contributed by atoms with van der Waals surface area (Å²) in [6, 6.07) is 3.87. The van der Waals surface area contributed by atoms with Crippen molar-refractivity contribution in [2.24, 2.45) is 5.92 Å². The molecule has 0 bridgehead atoms. The van der Waals surface area contributed by atoms with Crippen LogP contribution in [0.1, 0.15) is 25.3 Å². The lowest BCUT2D eigenvalue weighted by atomic mass is 9.93. The standard InChI is InChI=1S/C14H21N3O/c1-11-5-7-16-13(8-11)14(18)17(2)10-12-4-3-6-15-9-12/h3-4,6,9,11,13,16H,5,7-8,10H2,1-2H3. The second kappa shape index (κ2) is 5.96. The Bertz CT molecular complexity index is 393. The summed E-state index contributed by atoms with van der Waals surface area (Å²) < 4.78 is 0. The molecule has 98 valence electrons. The van der Waals surface area contributed by atoms with E-state index in [0.29, 0.717) is 12.5 Å². The van der Waals surface area contributed by atoms with Crippen LogP contribution >= 0.6 is 0 Å². The van der Waals surface area contributed by atoms with Gasteiger partial charge in [0.25, 0.3) is 0 Å². The van der Waals surface area contributed by atoms with E-state index in [4.69, 9.17) is 0 Å². The van der Waals surface area contributed by atoms with Crippen molar-refractivity contribution in [3.8, 4) is 0 Å². The normalized spacial score (nSPS) is 23.7. The van der Waals surface area contributed by atoms with Crippen LogP contribution in [0.3, 0.4) is 0 Å². The third-order valence-electron chi connectivity index (χ3n) is 3.48. The van der Waals surface area contributed by atoms with E-state index in [1.165, 1.54) is 0 Å². The molecule has 0 radical (unpaired) electrons. The molecule has 1 aliphatic heterocycles. The van der Waals surface area contributed by atoms with E-state index in [2.05, 4.69) is 17.2 Å². The maximum Gasteiger partial charge on any atom is 0.239 e. The molecule has 2 atom stereocenters. The van der Waals surface area contributed by atoms with Crippen molar-refractivity contribution in [1.29, 1.82) is 0 Å². The average molecular weight is 247 g/mol. The summed E-state index contributed by atoms with van der Waals surface area (Å²) in [7, 11) is 1.86. The number of nitrogens with zero attached hydrogens (tertiary/aromatic N) is 2. The fourth-order valence-electron chi connectivity index (χ4n) is 2.41. The van der Waals surface area contributed by atoms with Gasteiger partial charge in [0.05, 0.1) is 6.04 Å². The monoisotopic (exact) mass is 247 g/mol. The lowest BCUT2D eigenvalue weighted by Crippen LogP contribution is -2.48. The molecule has 1 aromatic rings. The average Bonchev–Trinajstić information content (AvgIpc) is 2.39. The Morgan fingerprint density at radius 3 is 3.11 bits per heavy atom. The third kappa shape index (κ3) is 3.29. The second-order valence-electron chi connectivity index (χ2n) is 5.19. The zero-order valence-electron chi connectivity index (χ0n) is 11.1. The van der Waals surface area contributed by atoms with Crippen LogP contribution in [0, 0.1) is 5.92 Å². The number of likely N-dealkylation sites (N-methyl/N-ethyl adjacent to an activating group) is 1. The highest BCUT2D eigenvalue weighted by Crippen LogP contribution is 2.16. The molecule has 18 heavy (non-hydrogen) atoms. The Labute approximate surface area is 108 Å². The highest BCUT2D eigenvalue weighted by molar-refractivity contribution is 5.81. The Morgan fingerprint density at radius 1 is 1.61 bits per heavy atom. The lowest BCUT2D eigenvalue weighted by Gasteiger charge is -2.30. The van der Waals surface area contributed by atoms with Crippen LogP contribution in [0.2, 0.25) is 0 Å². The summed E-state index contributed by atoms with van der Waals surface area (Å²) in [5.74, 6) is 0.817. The maximum atomic E-state index is 12.3. The molecule has 1 N–H and O–H groups in total. The van der Waals surface area contributed by atoms with Crippen LogP contribution in [0.25, 0.3) is 0 Å². The Balaban J connectivity index is 1.92. The van der Waals surface area contributed by atoms with Gasteiger partial charge in [-0.05, 0) is 36.9 Å². The predicted molar refractivity (Wildman–Crippen MR) is 70.9 cm³/mol. The highest BCUT2D eigenvalue weighted by atomic mass is 16.2. The predicted octanol–water partition coefficient (Wildman–Crippen LogP) is 1.43. The second-order valence-corrected chi connectivity index (χ2v) is 5.19. The molecule has 0 aromatic carbocycles. The number of pyridine rings is 1. The van der Waals surface area contributed by atoms with Crippen LogP contribution < -0.4 is 5.32 Å². The molecular formula is C14H21N3O. The number of hydrogen-bond acceptors (Lipinski definition) is 3. The van der Waals surface area contributed by atoms with Gasteiger partial charge in [-0.15, -0.1) is 0 Å². The van der Waals surface area contributed by atoms with E-state index in [9.17, 15) is 4.79 Å². The molecule has 1 aromatic heterocycles. The van der Waals surface area contributed by atoms with Gasteiger partial charge in [0.2, 0.25) is 5.91 Å². The number of carbonyl (C=O) groups excluding carboxylic acids is 1. The molecule has 2 heterocycles. The lowest BCUT2D eigenvalue weighted by molar-refractivity contribution is -0.133. The number of amides is 1. The van der Waals surface area contributed by atoms with Crippen LogP contribution in [0.4, 0.5) is 0 Å². The third-order valence-corrected chi connectivity index (χ3v) is 3.48. The molecule has 1 fully saturated rings. The van der Waals surface area contributed by atoms with Crippen molar-refractivity contribution >= 4 is 5.91 Å². The van der Waals surface area contributed by atoms with Gasteiger partial charge in [-0.2, -0.15) is 0 Å². The van der Waals surface area contributed by atoms with Crippen molar-refractivity contribution < 1.29 is 4.79 Å². The first-order chi connectivity index (χ1) is 8.66. The van der Waals surface area contributed by atoms with E-state index in [1.54, 1.807) is 17.3 Å². The summed E-state index contributed by atoms with van der Waals surface area (Å²) >= 11 is 0. The van der Waals surface area contributed by atoms with Crippen molar-refractivity contribution in [2.45, 2.75) is 32.4 Å². The fraction of sp³-hybridized carbons (Fsp3) is 0.571. The molecular weight excluding hydrogens is 226 g/mol. The van der Waals surface area contributed by atoms with Crippen molar-refractivity contribution in [2.75, 3.05) is 13.6 Å². The van der Waals surface area contributed by atoms with Gasteiger partial charge in [0.1, 0.15) is 0 Å². The van der Waals surface area contributed by atoms with Crippen molar-refractivity contribution in [3.05, 3.63) is 30.1 Å². The first-order valence-electron chi connectivity index (χ1n) is 6.54. The van der Waals surface area contributed by atoms with Crippen molar-refractivity contribution in [3.63, 3.8) is 0 Å². The summed E-state index contributed by atoms with van der Waals surface area (Å²) in [4.78, 5) is 18.1. The summed E-state index contributed by atoms with van der Waals surface area (Å²) in [6.45, 7) is 3.78.